The molecule has 0 fully saturated rings. The zero-order chi connectivity index (χ0) is 11.0. The maximum absolute atomic E-state index is 13.0. The first kappa shape index (κ1) is 9.83. The van der Waals surface area contributed by atoms with Gasteiger partial charge in [-0.2, -0.15) is 0 Å². The average molecular weight is 209 g/mol. The maximum atomic E-state index is 13.0. The van der Waals surface area contributed by atoms with Crippen LogP contribution in [-0.4, -0.2) is 17.9 Å². The molecule has 4 heteroatoms. The number of allylic oxidation sites excluding steroid dienone is 1. The molecule has 15 heavy (non-hydrogen) atoms. The highest BCUT2D eigenvalue weighted by Gasteiger charge is 2.19. The summed E-state index contributed by atoms with van der Waals surface area (Å²) in [6, 6.07) is 2.03. The molecule has 1 aromatic carbocycles. The Hall–Kier alpha value is -1.71. The van der Waals surface area contributed by atoms with Gasteiger partial charge in [-0.1, -0.05) is 6.08 Å². The van der Waals surface area contributed by atoms with Gasteiger partial charge in [-0.15, -0.1) is 0 Å². The summed E-state index contributed by atoms with van der Waals surface area (Å²) in [4.78, 5) is 13.0. The van der Waals surface area contributed by atoms with Gasteiger partial charge < -0.3 is 4.90 Å². The van der Waals surface area contributed by atoms with Gasteiger partial charge in [0.15, 0.2) is 11.6 Å². The topological polar surface area (TPSA) is 20.3 Å². The zero-order valence-electron chi connectivity index (χ0n) is 8.13. The first-order chi connectivity index (χ1) is 7.09. The minimum absolute atomic E-state index is 0.224. The van der Waals surface area contributed by atoms with E-state index in [1.54, 1.807) is 19.3 Å². The van der Waals surface area contributed by atoms with Crippen molar-refractivity contribution in [2.75, 3.05) is 7.05 Å². The van der Waals surface area contributed by atoms with Gasteiger partial charge in [0.25, 0.3) is 5.91 Å². The van der Waals surface area contributed by atoms with Gasteiger partial charge in [-0.3, -0.25) is 4.79 Å². The van der Waals surface area contributed by atoms with E-state index >= 15 is 0 Å². The number of hydrogen-bond donors (Lipinski definition) is 0. The van der Waals surface area contributed by atoms with E-state index in [0.29, 0.717) is 12.0 Å². The monoisotopic (exact) mass is 209 g/mol. The summed E-state index contributed by atoms with van der Waals surface area (Å²) in [5, 5.41) is 0. The Morgan fingerprint density at radius 1 is 1.27 bits per heavy atom. The van der Waals surface area contributed by atoms with E-state index in [0.717, 1.165) is 12.1 Å². The molecule has 0 bridgehead atoms. The number of halogens is 2. The van der Waals surface area contributed by atoms with Gasteiger partial charge in [-0.25, -0.2) is 8.78 Å². The average Bonchev–Trinajstić information content (AvgIpc) is 2.32. The minimum Gasteiger partial charge on any atom is -0.318 e. The molecule has 1 aliphatic rings. The van der Waals surface area contributed by atoms with Crippen LogP contribution in [0.5, 0.6) is 0 Å². The first-order valence-corrected chi connectivity index (χ1v) is 4.51. The molecule has 0 atom stereocenters. The standard InChI is InChI=1S/C11H9F2NO/c1-14-4-2-3-7-5-9(12)10(13)6-8(7)11(14)15/h2,4-6H,3H2,1H3. The molecule has 2 rings (SSSR count). The summed E-state index contributed by atoms with van der Waals surface area (Å²) >= 11 is 0. The third-order valence-corrected chi connectivity index (χ3v) is 2.36. The predicted octanol–water partition coefficient (Wildman–Crippen LogP) is 2.11. The van der Waals surface area contributed by atoms with Gasteiger partial charge in [-0.05, 0) is 24.1 Å². The van der Waals surface area contributed by atoms with Crippen molar-refractivity contribution < 1.29 is 13.6 Å². The van der Waals surface area contributed by atoms with Gasteiger partial charge in [0.1, 0.15) is 0 Å². The van der Waals surface area contributed by atoms with E-state index in [2.05, 4.69) is 0 Å². The van der Waals surface area contributed by atoms with Crippen LogP contribution in [0.25, 0.3) is 0 Å². The Morgan fingerprint density at radius 3 is 2.67 bits per heavy atom. The summed E-state index contributed by atoms with van der Waals surface area (Å²) in [7, 11) is 1.58. The number of rotatable bonds is 0. The number of carbonyl (C=O) groups excluding carboxylic acids is 1. The predicted molar refractivity (Wildman–Crippen MR) is 51.3 cm³/mol. The van der Waals surface area contributed by atoms with Crippen molar-refractivity contribution in [1.29, 1.82) is 0 Å². The van der Waals surface area contributed by atoms with Crippen molar-refractivity contribution in [3.63, 3.8) is 0 Å². The largest absolute Gasteiger partial charge is 0.318 e. The molecule has 78 valence electrons. The van der Waals surface area contributed by atoms with Crippen LogP contribution >= 0.6 is 0 Å². The number of nitrogens with zero attached hydrogens (tertiary/aromatic N) is 1. The van der Waals surface area contributed by atoms with E-state index in [9.17, 15) is 13.6 Å². The summed E-state index contributed by atoms with van der Waals surface area (Å²) in [6.07, 6.45) is 3.77. The summed E-state index contributed by atoms with van der Waals surface area (Å²) in [5.74, 6) is -2.23. The van der Waals surface area contributed by atoms with E-state index < -0.39 is 11.6 Å². The number of carbonyl (C=O) groups is 1. The van der Waals surface area contributed by atoms with Crippen molar-refractivity contribution in [3.05, 3.63) is 47.2 Å². The fourth-order valence-corrected chi connectivity index (χ4v) is 1.55. The first-order valence-electron chi connectivity index (χ1n) is 4.51. The number of hydrogen-bond acceptors (Lipinski definition) is 1. The van der Waals surface area contributed by atoms with Gasteiger partial charge in [0.2, 0.25) is 0 Å². The van der Waals surface area contributed by atoms with E-state index in [1.807, 2.05) is 0 Å². The molecule has 0 saturated heterocycles. The second kappa shape index (κ2) is 3.46. The normalized spacial score (nSPS) is 15.1. The van der Waals surface area contributed by atoms with Crippen molar-refractivity contribution in [2.45, 2.75) is 6.42 Å². The van der Waals surface area contributed by atoms with Crippen molar-refractivity contribution in [1.82, 2.24) is 4.90 Å². The van der Waals surface area contributed by atoms with E-state index in [-0.39, 0.29) is 11.5 Å². The van der Waals surface area contributed by atoms with Gasteiger partial charge in [0.05, 0.1) is 0 Å². The van der Waals surface area contributed by atoms with Crippen LogP contribution < -0.4 is 0 Å². The lowest BCUT2D eigenvalue weighted by Gasteiger charge is -2.11. The Balaban J connectivity index is 2.59. The number of fused-ring (bicyclic) bond motifs is 1. The summed E-state index contributed by atoms with van der Waals surface area (Å²) in [6.45, 7) is 0. The molecule has 0 spiro atoms. The highest BCUT2D eigenvalue weighted by molar-refractivity contribution is 5.96. The van der Waals surface area contributed by atoms with Crippen LogP contribution in [0.4, 0.5) is 8.78 Å². The molecule has 0 N–H and O–H groups in total. The quantitative estimate of drug-likeness (QED) is 0.640. The molecule has 0 aliphatic carbocycles. The molecule has 0 saturated carbocycles. The Kier molecular flexibility index (Phi) is 2.26. The SMILES string of the molecule is CN1C=CCc2cc(F)c(F)cc2C1=O. The summed E-state index contributed by atoms with van der Waals surface area (Å²) < 4.78 is 25.9. The highest BCUT2D eigenvalue weighted by Crippen LogP contribution is 2.20. The van der Waals surface area contributed by atoms with Crippen LogP contribution in [0.15, 0.2) is 24.4 Å². The molecule has 2 nitrogen and oxygen atoms in total. The minimum atomic E-state index is -0.989. The van der Waals surface area contributed by atoms with Crippen LogP contribution in [0.1, 0.15) is 15.9 Å². The second-order valence-corrected chi connectivity index (χ2v) is 3.43. The molecule has 1 aliphatic heterocycles. The Morgan fingerprint density at radius 2 is 1.93 bits per heavy atom. The molecule has 0 aromatic heterocycles. The Labute approximate surface area is 85.8 Å². The number of amides is 1. The number of benzene rings is 1. The van der Waals surface area contributed by atoms with Crippen LogP contribution in [0, 0.1) is 11.6 Å². The molecular formula is C11H9F2NO. The van der Waals surface area contributed by atoms with Crippen molar-refractivity contribution >= 4 is 5.91 Å². The van der Waals surface area contributed by atoms with Crippen LogP contribution in [-0.2, 0) is 6.42 Å². The van der Waals surface area contributed by atoms with Crippen molar-refractivity contribution in [3.8, 4) is 0 Å². The fraction of sp³-hybridized carbons (Fsp3) is 0.182. The highest BCUT2D eigenvalue weighted by atomic mass is 19.2. The van der Waals surface area contributed by atoms with E-state index in [1.165, 1.54) is 4.90 Å². The molecule has 1 heterocycles. The Bertz CT molecular complexity index is 454. The summed E-state index contributed by atoms with van der Waals surface area (Å²) in [5.41, 5.74) is 0.737. The lowest BCUT2D eigenvalue weighted by Crippen LogP contribution is -2.21. The maximum Gasteiger partial charge on any atom is 0.257 e. The lowest BCUT2D eigenvalue weighted by molar-refractivity contribution is 0.0850. The van der Waals surface area contributed by atoms with Crippen molar-refractivity contribution in [2.24, 2.45) is 0 Å². The van der Waals surface area contributed by atoms with Gasteiger partial charge >= 0.3 is 0 Å². The molecule has 0 unspecified atom stereocenters. The smallest absolute Gasteiger partial charge is 0.257 e. The van der Waals surface area contributed by atoms with Crippen LogP contribution in [0.3, 0.4) is 0 Å². The van der Waals surface area contributed by atoms with Gasteiger partial charge in [0, 0.05) is 18.8 Å². The lowest BCUT2D eigenvalue weighted by atomic mass is 10.0. The third-order valence-electron chi connectivity index (χ3n) is 2.36. The van der Waals surface area contributed by atoms with Crippen LogP contribution in [0.2, 0.25) is 0 Å². The zero-order valence-corrected chi connectivity index (χ0v) is 8.13. The fourth-order valence-electron chi connectivity index (χ4n) is 1.55. The second-order valence-electron chi connectivity index (χ2n) is 3.43. The molecule has 1 amide bonds. The molecule has 1 aromatic rings. The molecule has 0 radical (unpaired) electrons. The third kappa shape index (κ3) is 1.63. The van der Waals surface area contributed by atoms with E-state index in [4.69, 9.17) is 0 Å². The molecular weight excluding hydrogens is 200 g/mol.